The Bertz CT molecular complexity index is 510. The van der Waals surface area contributed by atoms with Crippen LogP contribution in [0.1, 0.15) is 11.4 Å². The van der Waals surface area contributed by atoms with Gasteiger partial charge < -0.3 is 9.88 Å². The van der Waals surface area contributed by atoms with E-state index in [2.05, 4.69) is 26.2 Å². The maximum Gasteiger partial charge on any atom is 0.137 e. The first-order valence-electron chi connectivity index (χ1n) is 5.28. The van der Waals surface area contributed by atoms with Gasteiger partial charge >= 0.3 is 0 Å². The maximum absolute atomic E-state index is 13.3. The zero-order chi connectivity index (χ0) is 12.3. The number of nitrogens with one attached hydrogen (secondary N) is 1. The lowest BCUT2D eigenvalue weighted by molar-refractivity contribution is 0.606. The normalized spacial score (nSPS) is 10.8. The quantitative estimate of drug-likeness (QED) is 0.940. The molecule has 0 radical (unpaired) electrons. The van der Waals surface area contributed by atoms with Crippen LogP contribution >= 0.6 is 15.9 Å². The Morgan fingerprint density at radius 1 is 1.41 bits per heavy atom. The molecule has 0 aliphatic heterocycles. The third-order valence-electron chi connectivity index (χ3n) is 2.55. The van der Waals surface area contributed by atoms with Crippen LogP contribution in [0, 0.1) is 5.82 Å². The molecule has 90 valence electrons. The predicted molar refractivity (Wildman–Crippen MR) is 67.9 cm³/mol. The molecule has 0 aliphatic carbocycles. The lowest BCUT2D eigenvalue weighted by Gasteiger charge is -2.07. The zero-order valence-corrected chi connectivity index (χ0v) is 11.0. The molecular formula is C12H13BrFN3. The summed E-state index contributed by atoms with van der Waals surface area (Å²) in [7, 11) is 1.95. The zero-order valence-electron chi connectivity index (χ0n) is 9.45. The molecule has 1 aromatic heterocycles. The number of hydrogen-bond acceptors (Lipinski definition) is 2. The Hall–Kier alpha value is -1.20. The van der Waals surface area contributed by atoms with Gasteiger partial charge in [-0.2, -0.15) is 0 Å². The van der Waals surface area contributed by atoms with Gasteiger partial charge in [-0.15, -0.1) is 0 Å². The van der Waals surface area contributed by atoms with Crippen molar-refractivity contribution in [2.24, 2.45) is 7.05 Å². The maximum atomic E-state index is 13.3. The van der Waals surface area contributed by atoms with E-state index in [0.717, 1.165) is 11.4 Å². The SMILES string of the molecule is Cn1ccnc1CNCc1cccc(F)c1Br. The Kier molecular flexibility index (Phi) is 3.91. The smallest absolute Gasteiger partial charge is 0.137 e. The van der Waals surface area contributed by atoms with E-state index in [4.69, 9.17) is 0 Å². The molecule has 0 bridgehead atoms. The van der Waals surface area contributed by atoms with E-state index in [-0.39, 0.29) is 5.82 Å². The second kappa shape index (κ2) is 5.42. The molecule has 0 unspecified atom stereocenters. The minimum Gasteiger partial charge on any atom is -0.337 e. The highest BCUT2D eigenvalue weighted by molar-refractivity contribution is 9.10. The molecule has 1 heterocycles. The van der Waals surface area contributed by atoms with Gasteiger partial charge in [0, 0.05) is 26.0 Å². The number of hydrogen-bond donors (Lipinski definition) is 1. The van der Waals surface area contributed by atoms with Crippen molar-refractivity contribution in [1.82, 2.24) is 14.9 Å². The van der Waals surface area contributed by atoms with E-state index in [9.17, 15) is 4.39 Å². The van der Waals surface area contributed by atoms with Crippen molar-refractivity contribution in [3.63, 3.8) is 0 Å². The molecular weight excluding hydrogens is 285 g/mol. The van der Waals surface area contributed by atoms with Crippen LogP contribution in [0.2, 0.25) is 0 Å². The van der Waals surface area contributed by atoms with Crippen molar-refractivity contribution in [2.45, 2.75) is 13.1 Å². The second-order valence-electron chi connectivity index (χ2n) is 3.77. The number of nitrogens with zero attached hydrogens (tertiary/aromatic N) is 2. The van der Waals surface area contributed by atoms with Crippen LogP contribution in [0.25, 0.3) is 0 Å². The van der Waals surface area contributed by atoms with E-state index < -0.39 is 0 Å². The molecule has 0 amide bonds. The lowest BCUT2D eigenvalue weighted by atomic mass is 10.2. The number of aryl methyl sites for hydroxylation is 1. The van der Waals surface area contributed by atoms with Crippen LogP contribution in [0.5, 0.6) is 0 Å². The summed E-state index contributed by atoms with van der Waals surface area (Å²) < 4.78 is 15.7. The number of halogens is 2. The average Bonchev–Trinajstić information content (AvgIpc) is 2.71. The third kappa shape index (κ3) is 2.92. The van der Waals surface area contributed by atoms with Crippen LogP contribution in [0.4, 0.5) is 4.39 Å². The highest BCUT2D eigenvalue weighted by Crippen LogP contribution is 2.20. The van der Waals surface area contributed by atoms with Crippen LogP contribution in [-0.4, -0.2) is 9.55 Å². The molecule has 17 heavy (non-hydrogen) atoms. The van der Waals surface area contributed by atoms with Gasteiger partial charge in [-0.05, 0) is 27.6 Å². The van der Waals surface area contributed by atoms with Crippen molar-refractivity contribution in [3.8, 4) is 0 Å². The molecule has 1 N–H and O–H groups in total. The lowest BCUT2D eigenvalue weighted by Crippen LogP contribution is -2.16. The van der Waals surface area contributed by atoms with Gasteiger partial charge in [0.25, 0.3) is 0 Å². The van der Waals surface area contributed by atoms with Gasteiger partial charge in [-0.1, -0.05) is 12.1 Å². The van der Waals surface area contributed by atoms with Crippen molar-refractivity contribution >= 4 is 15.9 Å². The Morgan fingerprint density at radius 2 is 2.24 bits per heavy atom. The first kappa shape index (κ1) is 12.3. The van der Waals surface area contributed by atoms with E-state index in [0.29, 0.717) is 17.6 Å². The first-order chi connectivity index (χ1) is 8.18. The molecule has 0 spiro atoms. The molecule has 1 aromatic carbocycles. The highest BCUT2D eigenvalue weighted by atomic mass is 79.9. The highest BCUT2D eigenvalue weighted by Gasteiger charge is 2.05. The number of benzene rings is 1. The summed E-state index contributed by atoms with van der Waals surface area (Å²) in [4.78, 5) is 4.20. The van der Waals surface area contributed by atoms with Gasteiger partial charge in [0.05, 0.1) is 11.0 Å². The average molecular weight is 298 g/mol. The molecule has 5 heteroatoms. The van der Waals surface area contributed by atoms with E-state index >= 15 is 0 Å². The summed E-state index contributed by atoms with van der Waals surface area (Å²) in [6, 6.07) is 5.03. The number of rotatable bonds is 4. The van der Waals surface area contributed by atoms with Crippen LogP contribution in [0.15, 0.2) is 35.1 Å². The molecule has 2 aromatic rings. The standard InChI is InChI=1S/C12H13BrFN3/c1-17-6-5-16-11(17)8-15-7-9-3-2-4-10(14)12(9)13/h2-6,15H,7-8H2,1H3. The molecule has 0 saturated carbocycles. The number of aromatic nitrogens is 2. The van der Waals surface area contributed by atoms with Crippen LogP contribution in [0.3, 0.4) is 0 Å². The van der Waals surface area contributed by atoms with E-state index in [1.807, 2.05) is 23.9 Å². The van der Waals surface area contributed by atoms with Crippen molar-refractivity contribution in [1.29, 1.82) is 0 Å². The largest absolute Gasteiger partial charge is 0.337 e. The minimum absolute atomic E-state index is 0.235. The summed E-state index contributed by atoms with van der Waals surface area (Å²) >= 11 is 3.24. The summed E-state index contributed by atoms with van der Waals surface area (Å²) in [5.41, 5.74) is 0.902. The summed E-state index contributed by atoms with van der Waals surface area (Å²) in [6.07, 6.45) is 3.66. The minimum atomic E-state index is -0.235. The van der Waals surface area contributed by atoms with Gasteiger partial charge in [0.1, 0.15) is 11.6 Å². The van der Waals surface area contributed by atoms with Crippen LogP contribution < -0.4 is 5.32 Å². The summed E-state index contributed by atoms with van der Waals surface area (Å²) in [5.74, 6) is 0.721. The van der Waals surface area contributed by atoms with Crippen molar-refractivity contribution < 1.29 is 4.39 Å². The predicted octanol–water partition coefficient (Wildman–Crippen LogP) is 2.61. The number of imidazole rings is 1. The summed E-state index contributed by atoms with van der Waals surface area (Å²) in [6.45, 7) is 1.26. The fourth-order valence-corrected chi connectivity index (χ4v) is 1.97. The van der Waals surface area contributed by atoms with Crippen molar-refractivity contribution in [3.05, 3.63) is 52.3 Å². The molecule has 3 nitrogen and oxygen atoms in total. The monoisotopic (exact) mass is 297 g/mol. The summed E-state index contributed by atoms with van der Waals surface area (Å²) in [5, 5.41) is 3.23. The van der Waals surface area contributed by atoms with Crippen LogP contribution in [-0.2, 0) is 20.1 Å². The van der Waals surface area contributed by atoms with Gasteiger partial charge in [-0.3, -0.25) is 0 Å². The Balaban J connectivity index is 1.95. The van der Waals surface area contributed by atoms with E-state index in [1.54, 1.807) is 12.3 Å². The fourth-order valence-electron chi connectivity index (χ4n) is 1.56. The first-order valence-corrected chi connectivity index (χ1v) is 6.07. The van der Waals surface area contributed by atoms with Gasteiger partial charge in [0.15, 0.2) is 0 Å². The Morgan fingerprint density at radius 3 is 2.94 bits per heavy atom. The molecule has 0 atom stereocenters. The molecule has 2 rings (SSSR count). The van der Waals surface area contributed by atoms with E-state index in [1.165, 1.54) is 6.07 Å². The topological polar surface area (TPSA) is 29.9 Å². The Labute approximate surface area is 108 Å². The van der Waals surface area contributed by atoms with Gasteiger partial charge in [0.2, 0.25) is 0 Å². The molecule has 0 fully saturated rings. The molecule has 0 aliphatic rings. The third-order valence-corrected chi connectivity index (χ3v) is 3.44. The van der Waals surface area contributed by atoms with Crippen molar-refractivity contribution in [2.75, 3.05) is 0 Å². The molecule has 0 saturated heterocycles. The van der Waals surface area contributed by atoms with Gasteiger partial charge in [-0.25, -0.2) is 9.37 Å². The second-order valence-corrected chi connectivity index (χ2v) is 4.56. The fraction of sp³-hybridized carbons (Fsp3) is 0.250.